The fourth-order valence-electron chi connectivity index (χ4n) is 3.85. The molecule has 0 radical (unpaired) electrons. The third-order valence-electron chi connectivity index (χ3n) is 5.98. The van der Waals surface area contributed by atoms with Crippen LogP contribution in [-0.2, 0) is 9.59 Å². The summed E-state index contributed by atoms with van der Waals surface area (Å²) in [6.45, 7) is 3.38. The van der Waals surface area contributed by atoms with Gasteiger partial charge in [-0.1, -0.05) is 30.0 Å². The Morgan fingerprint density at radius 1 is 0.974 bits per heavy atom. The van der Waals surface area contributed by atoms with Gasteiger partial charge in [0.05, 0.1) is 11.9 Å². The van der Waals surface area contributed by atoms with Gasteiger partial charge < -0.3 is 14.6 Å². The number of halogens is 2. The number of rotatable bonds is 9. The van der Waals surface area contributed by atoms with Crippen LogP contribution in [0.2, 0.25) is 0 Å². The van der Waals surface area contributed by atoms with E-state index in [9.17, 15) is 14.4 Å². The predicted molar refractivity (Wildman–Crippen MR) is 142 cm³/mol. The van der Waals surface area contributed by atoms with E-state index in [0.717, 1.165) is 17.0 Å². The van der Waals surface area contributed by atoms with Crippen LogP contribution in [0.5, 0.6) is 0 Å². The van der Waals surface area contributed by atoms with Crippen molar-refractivity contribution in [1.29, 1.82) is 0 Å². The monoisotopic (exact) mass is 518 g/mol. The number of amides is 3. The van der Waals surface area contributed by atoms with Crippen LogP contribution in [0.3, 0.4) is 0 Å². The molecule has 9 heteroatoms. The van der Waals surface area contributed by atoms with Gasteiger partial charge in [0, 0.05) is 49.4 Å². The van der Waals surface area contributed by atoms with Crippen molar-refractivity contribution in [2.75, 3.05) is 29.9 Å². The van der Waals surface area contributed by atoms with Crippen LogP contribution in [0.1, 0.15) is 31.4 Å². The first-order valence-electron chi connectivity index (χ1n) is 11.8. The number of pyridine rings is 1. The second kappa shape index (κ2) is 12.6. The normalized spacial score (nSPS) is 10.7. The topological polar surface area (TPSA) is 73.8 Å². The predicted octanol–water partition coefficient (Wildman–Crippen LogP) is 4.65. The molecule has 0 unspecified atom stereocenters. The van der Waals surface area contributed by atoms with Gasteiger partial charge in [0.25, 0.3) is 0 Å². The Morgan fingerprint density at radius 2 is 1.63 bits per heavy atom. The SMILES string of the molecule is CN(C(=O)N(CCN(C=O)c1cccnc1)C(C)(C)CC=O)c1c(F)cc(C#Cc2ccccc2)cc1F. The van der Waals surface area contributed by atoms with Crippen LogP contribution in [-0.4, -0.2) is 54.3 Å². The molecule has 3 aromatic rings. The number of carbonyl (C=O) groups excluding carboxylic acids is 3. The van der Waals surface area contributed by atoms with Crippen molar-refractivity contribution in [3.63, 3.8) is 0 Å². The van der Waals surface area contributed by atoms with Crippen LogP contribution in [0.4, 0.5) is 25.0 Å². The zero-order chi connectivity index (χ0) is 27.7. The second-order valence-electron chi connectivity index (χ2n) is 9.09. The minimum Gasteiger partial charge on any atom is -0.317 e. The Labute approximate surface area is 220 Å². The van der Waals surface area contributed by atoms with Crippen LogP contribution >= 0.6 is 0 Å². The van der Waals surface area contributed by atoms with Gasteiger partial charge in [0.1, 0.15) is 12.0 Å². The maximum absolute atomic E-state index is 15.1. The van der Waals surface area contributed by atoms with E-state index in [2.05, 4.69) is 16.8 Å². The minimum atomic E-state index is -1.01. The Morgan fingerprint density at radius 3 is 2.21 bits per heavy atom. The van der Waals surface area contributed by atoms with E-state index >= 15 is 8.78 Å². The van der Waals surface area contributed by atoms with Crippen LogP contribution in [0, 0.1) is 23.5 Å². The van der Waals surface area contributed by atoms with E-state index < -0.39 is 28.9 Å². The lowest BCUT2D eigenvalue weighted by molar-refractivity contribution is -0.110. The third-order valence-corrected chi connectivity index (χ3v) is 5.98. The second-order valence-corrected chi connectivity index (χ2v) is 9.09. The molecule has 0 aliphatic rings. The fourth-order valence-corrected chi connectivity index (χ4v) is 3.85. The summed E-state index contributed by atoms with van der Waals surface area (Å²) < 4.78 is 30.2. The molecule has 0 saturated heterocycles. The number of hydrogen-bond donors (Lipinski definition) is 0. The molecule has 38 heavy (non-hydrogen) atoms. The molecule has 3 amide bonds. The number of nitrogens with zero attached hydrogens (tertiary/aromatic N) is 4. The van der Waals surface area contributed by atoms with Gasteiger partial charge in [-0.2, -0.15) is 0 Å². The first kappa shape index (κ1) is 28.0. The summed E-state index contributed by atoms with van der Waals surface area (Å²) in [6, 6.07) is 13.7. The number of urea groups is 1. The summed E-state index contributed by atoms with van der Waals surface area (Å²) in [6.07, 6.45) is 4.30. The van der Waals surface area contributed by atoms with Crippen molar-refractivity contribution in [1.82, 2.24) is 9.88 Å². The highest BCUT2D eigenvalue weighted by atomic mass is 19.1. The van der Waals surface area contributed by atoms with E-state index in [1.807, 2.05) is 6.07 Å². The molecular formula is C29H28F2N4O3. The smallest absolute Gasteiger partial charge is 0.317 e. The van der Waals surface area contributed by atoms with E-state index in [1.54, 1.807) is 56.4 Å². The Kier molecular flexibility index (Phi) is 9.28. The highest BCUT2D eigenvalue weighted by molar-refractivity contribution is 5.92. The summed E-state index contributed by atoms with van der Waals surface area (Å²) in [7, 11) is 1.25. The average Bonchev–Trinajstić information content (AvgIpc) is 2.90. The Hall–Kier alpha value is -4.58. The maximum atomic E-state index is 15.1. The maximum Gasteiger partial charge on any atom is 0.324 e. The van der Waals surface area contributed by atoms with Crippen molar-refractivity contribution < 1.29 is 23.2 Å². The highest BCUT2D eigenvalue weighted by Gasteiger charge is 2.34. The minimum absolute atomic E-state index is 0.0124. The lowest BCUT2D eigenvalue weighted by Gasteiger charge is -2.40. The van der Waals surface area contributed by atoms with Gasteiger partial charge in [-0.05, 0) is 50.2 Å². The summed E-state index contributed by atoms with van der Waals surface area (Å²) in [5.74, 6) is 3.65. The van der Waals surface area contributed by atoms with E-state index in [-0.39, 0.29) is 25.1 Å². The first-order valence-corrected chi connectivity index (χ1v) is 11.8. The number of aromatic nitrogens is 1. The molecule has 0 aliphatic heterocycles. The van der Waals surface area contributed by atoms with Crippen molar-refractivity contribution in [2.24, 2.45) is 0 Å². The van der Waals surface area contributed by atoms with E-state index in [0.29, 0.717) is 23.9 Å². The van der Waals surface area contributed by atoms with Crippen LogP contribution in [0.15, 0.2) is 67.0 Å². The quantitative estimate of drug-likeness (QED) is 0.305. The van der Waals surface area contributed by atoms with E-state index in [1.165, 1.54) is 23.0 Å². The molecule has 1 heterocycles. The standard InChI is InChI=1S/C29H28F2N4O3/c1-29(2,13-17-36)35(16-15-34(21-37)24-10-7-14-32-20-24)28(38)33(3)27-25(30)18-23(19-26(27)31)12-11-22-8-5-4-6-9-22/h4-10,14,17-21H,13,15-16H2,1-3H3. The molecular weight excluding hydrogens is 490 g/mol. The van der Waals surface area contributed by atoms with Crippen molar-refractivity contribution in [3.8, 4) is 11.8 Å². The lowest BCUT2D eigenvalue weighted by atomic mass is 9.99. The number of aldehydes is 1. The number of benzene rings is 2. The fraction of sp³-hybridized carbons (Fsp3) is 0.241. The molecule has 0 aliphatic carbocycles. The van der Waals surface area contributed by atoms with Crippen molar-refractivity contribution >= 4 is 30.1 Å². The van der Waals surface area contributed by atoms with Gasteiger partial charge in [-0.15, -0.1) is 0 Å². The van der Waals surface area contributed by atoms with Crippen LogP contribution in [0.25, 0.3) is 0 Å². The number of hydrogen-bond acceptors (Lipinski definition) is 4. The Bertz CT molecular complexity index is 1320. The molecule has 0 N–H and O–H groups in total. The molecule has 1 aromatic heterocycles. The molecule has 2 aromatic carbocycles. The molecule has 0 spiro atoms. The number of carbonyl (C=O) groups is 3. The zero-order valence-electron chi connectivity index (χ0n) is 21.4. The molecule has 196 valence electrons. The van der Waals surface area contributed by atoms with Gasteiger partial charge in [0.2, 0.25) is 6.41 Å². The average molecular weight is 519 g/mol. The first-order chi connectivity index (χ1) is 18.2. The molecule has 0 fully saturated rings. The molecule has 0 atom stereocenters. The van der Waals surface area contributed by atoms with Gasteiger partial charge in [0.15, 0.2) is 11.6 Å². The Balaban J connectivity index is 1.88. The summed E-state index contributed by atoms with van der Waals surface area (Å²) in [4.78, 5) is 44.1. The van der Waals surface area contributed by atoms with Crippen molar-refractivity contribution in [3.05, 3.63) is 89.8 Å². The largest absolute Gasteiger partial charge is 0.324 e. The lowest BCUT2D eigenvalue weighted by Crippen LogP contribution is -2.55. The summed E-state index contributed by atoms with van der Waals surface area (Å²) >= 11 is 0. The van der Waals surface area contributed by atoms with Crippen molar-refractivity contribution in [2.45, 2.75) is 25.8 Å². The zero-order valence-corrected chi connectivity index (χ0v) is 21.4. The van der Waals surface area contributed by atoms with Gasteiger partial charge >= 0.3 is 6.03 Å². The van der Waals surface area contributed by atoms with Crippen LogP contribution < -0.4 is 9.80 Å². The number of anilines is 2. The van der Waals surface area contributed by atoms with E-state index in [4.69, 9.17) is 0 Å². The third kappa shape index (κ3) is 6.79. The summed E-state index contributed by atoms with van der Waals surface area (Å²) in [5, 5.41) is 0. The molecule has 0 saturated carbocycles. The molecule has 7 nitrogen and oxygen atoms in total. The summed E-state index contributed by atoms with van der Waals surface area (Å²) in [5.41, 5.74) is -0.240. The van der Waals surface area contributed by atoms with Gasteiger partial charge in [-0.3, -0.25) is 14.7 Å². The molecule has 0 bridgehead atoms. The van der Waals surface area contributed by atoms with Gasteiger partial charge in [-0.25, -0.2) is 13.6 Å². The highest BCUT2D eigenvalue weighted by Crippen LogP contribution is 2.28. The molecule has 3 rings (SSSR count).